The fourth-order valence-corrected chi connectivity index (χ4v) is 2.47. The molecule has 0 saturated carbocycles. The molecule has 0 bridgehead atoms. The van der Waals surface area contributed by atoms with Crippen molar-refractivity contribution in [2.24, 2.45) is 0 Å². The van der Waals surface area contributed by atoms with Gasteiger partial charge in [-0.15, -0.1) is 0 Å². The van der Waals surface area contributed by atoms with Crippen molar-refractivity contribution in [2.45, 2.75) is 13.0 Å². The molecule has 2 aromatic carbocycles. The molecule has 102 valence electrons. The Morgan fingerprint density at radius 1 is 1.10 bits per heavy atom. The van der Waals surface area contributed by atoms with Crippen LogP contribution in [-0.4, -0.2) is 7.05 Å². The van der Waals surface area contributed by atoms with Gasteiger partial charge >= 0.3 is 0 Å². The lowest BCUT2D eigenvalue weighted by Crippen LogP contribution is -2.22. The van der Waals surface area contributed by atoms with E-state index in [9.17, 15) is 5.26 Å². The van der Waals surface area contributed by atoms with Gasteiger partial charge in [-0.05, 0) is 42.8 Å². The number of anilines is 1. The normalized spacial score (nSPS) is 11.8. The highest BCUT2D eigenvalue weighted by atomic mass is 35.5. The molecule has 0 radical (unpaired) electrons. The highest BCUT2D eigenvalue weighted by Crippen LogP contribution is 2.30. The summed E-state index contributed by atoms with van der Waals surface area (Å²) < 4.78 is 0. The average Bonchev–Trinajstić information content (AvgIpc) is 2.45. The van der Waals surface area contributed by atoms with Gasteiger partial charge < -0.3 is 4.90 Å². The molecule has 2 aromatic rings. The van der Waals surface area contributed by atoms with Crippen molar-refractivity contribution in [3.8, 4) is 6.07 Å². The molecule has 1 unspecified atom stereocenters. The summed E-state index contributed by atoms with van der Waals surface area (Å²) in [5.41, 5.74) is 2.51. The zero-order valence-corrected chi connectivity index (χ0v) is 12.8. The van der Waals surface area contributed by atoms with E-state index in [-0.39, 0.29) is 6.04 Å². The van der Waals surface area contributed by atoms with Crippen LogP contribution in [-0.2, 0) is 0 Å². The topological polar surface area (TPSA) is 27.0 Å². The molecule has 0 saturated heterocycles. The molecular weight excluding hydrogens is 291 g/mol. The van der Waals surface area contributed by atoms with Crippen LogP contribution in [0, 0.1) is 11.3 Å². The van der Waals surface area contributed by atoms with Crippen molar-refractivity contribution < 1.29 is 0 Å². The van der Waals surface area contributed by atoms with Crippen molar-refractivity contribution in [2.75, 3.05) is 11.9 Å². The Morgan fingerprint density at radius 3 is 2.45 bits per heavy atom. The number of nitrogens with zero attached hydrogens (tertiary/aromatic N) is 2. The molecule has 0 aliphatic carbocycles. The van der Waals surface area contributed by atoms with Gasteiger partial charge in [-0.1, -0.05) is 35.3 Å². The third-order valence-corrected chi connectivity index (χ3v) is 3.84. The first kappa shape index (κ1) is 14.7. The van der Waals surface area contributed by atoms with E-state index < -0.39 is 0 Å². The molecule has 1 atom stereocenters. The monoisotopic (exact) mass is 304 g/mol. The number of halogens is 2. The molecular formula is C16H14Cl2N2. The zero-order chi connectivity index (χ0) is 14.7. The molecule has 0 aromatic heterocycles. The van der Waals surface area contributed by atoms with Crippen molar-refractivity contribution >= 4 is 28.9 Å². The predicted molar refractivity (Wildman–Crippen MR) is 84.4 cm³/mol. The third kappa shape index (κ3) is 3.07. The van der Waals surface area contributed by atoms with Gasteiger partial charge in [-0.3, -0.25) is 0 Å². The standard InChI is InChI=1S/C16H14Cl2N2/c1-11(12-4-3-5-14(17)8-12)20(2)16-7-6-15(18)9-13(16)10-19/h3-9,11H,1-2H3. The van der Waals surface area contributed by atoms with Crippen LogP contribution in [0.25, 0.3) is 0 Å². The van der Waals surface area contributed by atoms with Crippen molar-refractivity contribution in [1.29, 1.82) is 5.26 Å². The molecule has 0 N–H and O–H groups in total. The Balaban J connectivity index is 2.36. The van der Waals surface area contributed by atoms with Crippen LogP contribution in [0.5, 0.6) is 0 Å². The van der Waals surface area contributed by atoms with Crippen LogP contribution < -0.4 is 4.90 Å². The highest BCUT2D eigenvalue weighted by molar-refractivity contribution is 6.31. The SMILES string of the molecule is CC(c1cccc(Cl)c1)N(C)c1ccc(Cl)cc1C#N. The van der Waals surface area contributed by atoms with Gasteiger partial charge in [-0.2, -0.15) is 5.26 Å². The second-order valence-electron chi connectivity index (χ2n) is 4.62. The van der Waals surface area contributed by atoms with Crippen molar-refractivity contribution in [3.05, 3.63) is 63.6 Å². The fourth-order valence-electron chi connectivity index (χ4n) is 2.10. The summed E-state index contributed by atoms with van der Waals surface area (Å²) in [4.78, 5) is 2.04. The maximum Gasteiger partial charge on any atom is 0.101 e. The van der Waals surface area contributed by atoms with Gasteiger partial charge in [0, 0.05) is 17.1 Å². The first-order chi connectivity index (χ1) is 9.52. The molecule has 0 heterocycles. The Kier molecular flexibility index (Phi) is 4.54. The number of benzene rings is 2. The van der Waals surface area contributed by atoms with E-state index in [0.717, 1.165) is 11.3 Å². The van der Waals surface area contributed by atoms with E-state index in [1.165, 1.54) is 0 Å². The molecule has 0 amide bonds. The summed E-state index contributed by atoms with van der Waals surface area (Å²) in [6.07, 6.45) is 0. The Labute approximate surface area is 129 Å². The summed E-state index contributed by atoms with van der Waals surface area (Å²) in [5, 5.41) is 10.5. The summed E-state index contributed by atoms with van der Waals surface area (Å²) in [6, 6.07) is 15.3. The first-order valence-corrected chi connectivity index (χ1v) is 6.96. The maximum atomic E-state index is 9.23. The lowest BCUT2D eigenvalue weighted by Gasteiger charge is -2.28. The average molecular weight is 305 g/mol. The van der Waals surface area contributed by atoms with E-state index in [4.69, 9.17) is 23.2 Å². The largest absolute Gasteiger partial charge is 0.367 e. The Morgan fingerprint density at radius 2 is 1.80 bits per heavy atom. The molecule has 0 aliphatic rings. The van der Waals surface area contributed by atoms with Crippen LogP contribution in [0.4, 0.5) is 5.69 Å². The highest BCUT2D eigenvalue weighted by Gasteiger charge is 2.15. The van der Waals surface area contributed by atoms with Crippen LogP contribution in [0.15, 0.2) is 42.5 Å². The number of rotatable bonds is 3. The minimum Gasteiger partial charge on any atom is -0.367 e. The molecule has 0 aliphatic heterocycles. The molecule has 2 rings (SSSR count). The molecule has 2 nitrogen and oxygen atoms in total. The minimum absolute atomic E-state index is 0.0991. The predicted octanol–water partition coefficient (Wildman–Crippen LogP) is 5.06. The number of nitriles is 1. The van der Waals surface area contributed by atoms with Gasteiger partial charge in [0.1, 0.15) is 6.07 Å². The van der Waals surface area contributed by atoms with Gasteiger partial charge in [0.15, 0.2) is 0 Å². The van der Waals surface area contributed by atoms with Gasteiger partial charge in [0.2, 0.25) is 0 Å². The summed E-state index contributed by atoms with van der Waals surface area (Å²) in [5.74, 6) is 0. The second kappa shape index (κ2) is 6.17. The van der Waals surface area contributed by atoms with Crippen LogP contribution in [0.2, 0.25) is 10.0 Å². The summed E-state index contributed by atoms with van der Waals surface area (Å²) in [6.45, 7) is 2.07. The number of hydrogen-bond acceptors (Lipinski definition) is 2. The van der Waals surface area contributed by atoms with Gasteiger partial charge in [-0.25, -0.2) is 0 Å². The molecule has 4 heteroatoms. The van der Waals surface area contributed by atoms with Crippen molar-refractivity contribution in [1.82, 2.24) is 0 Å². The van der Waals surface area contributed by atoms with Gasteiger partial charge in [0.05, 0.1) is 17.3 Å². The molecule has 0 spiro atoms. The third-order valence-electron chi connectivity index (χ3n) is 3.37. The lowest BCUT2D eigenvalue weighted by atomic mass is 10.1. The first-order valence-electron chi connectivity index (χ1n) is 6.21. The van der Waals surface area contributed by atoms with E-state index >= 15 is 0 Å². The molecule has 20 heavy (non-hydrogen) atoms. The number of hydrogen-bond donors (Lipinski definition) is 0. The van der Waals surface area contributed by atoms with Crippen molar-refractivity contribution in [3.63, 3.8) is 0 Å². The summed E-state index contributed by atoms with van der Waals surface area (Å²) in [7, 11) is 1.95. The summed E-state index contributed by atoms with van der Waals surface area (Å²) >= 11 is 12.0. The Bertz CT molecular complexity index is 662. The quantitative estimate of drug-likeness (QED) is 0.792. The van der Waals surface area contributed by atoms with E-state index in [2.05, 4.69) is 13.0 Å². The van der Waals surface area contributed by atoms with E-state index in [1.54, 1.807) is 12.1 Å². The fraction of sp³-hybridized carbons (Fsp3) is 0.188. The van der Waals surface area contributed by atoms with Crippen LogP contribution >= 0.6 is 23.2 Å². The Hall–Kier alpha value is -1.69. The van der Waals surface area contributed by atoms with Crippen LogP contribution in [0.1, 0.15) is 24.1 Å². The molecule has 0 fully saturated rings. The maximum absolute atomic E-state index is 9.23. The smallest absolute Gasteiger partial charge is 0.101 e. The second-order valence-corrected chi connectivity index (χ2v) is 5.49. The zero-order valence-electron chi connectivity index (χ0n) is 11.3. The lowest BCUT2D eigenvalue weighted by molar-refractivity contribution is 0.739. The van der Waals surface area contributed by atoms with E-state index in [1.807, 2.05) is 42.3 Å². The van der Waals surface area contributed by atoms with E-state index in [0.29, 0.717) is 15.6 Å². The van der Waals surface area contributed by atoms with Crippen LogP contribution in [0.3, 0.4) is 0 Å². The van der Waals surface area contributed by atoms with Gasteiger partial charge in [0.25, 0.3) is 0 Å². The minimum atomic E-state index is 0.0991.